The first-order valence-electron chi connectivity index (χ1n) is 9.13. The minimum Gasteiger partial charge on any atom is -0.497 e. The molecule has 148 valence electrons. The highest BCUT2D eigenvalue weighted by Crippen LogP contribution is 2.24. The van der Waals surface area contributed by atoms with Gasteiger partial charge in [-0.2, -0.15) is 0 Å². The summed E-state index contributed by atoms with van der Waals surface area (Å²) >= 11 is 0. The maximum atomic E-state index is 13.0. The van der Waals surface area contributed by atoms with Crippen LogP contribution in [-0.2, 0) is 0 Å². The van der Waals surface area contributed by atoms with Crippen LogP contribution < -0.4 is 14.8 Å². The Labute approximate surface area is 164 Å². The zero-order valence-electron chi connectivity index (χ0n) is 16.4. The third-order valence-corrected chi connectivity index (χ3v) is 4.81. The fourth-order valence-electron chi connectivity index (χ4n) is 3.09. The molecule has 0 unspecified atom stereocenters. The van der Waals surface area contributed by atoms with E-state index in [-0.39, 0.29) is 11.8 Å². The number of ether oxygens (including phenoxy) is 2. The van der Waals surface area contributed by atoms with E-state index in [9.17, 15) is 9.59 Å². The summed E-state index contributed by atoms with van der Waals surface area (Å²) in [7, 11) is 5.10. The number of nitrogens with zero attached hydrogens (tertiary/aromatic N) is 2. The molecule has 2 amide bonds. The molecule has 0 atom stereocenters. The number of nitrogens with one attached hydrogen (secondary N) is 1. The van der Waals surface area contributed by atoms with Gasteiger partial charge in [0, 0.05) is 37.8 Å². The molecule has 1 fully saturated rings. The summed E-state index contributed by atoms with van der Waals surface area (Å²) in [5, 5.41) is 2.85. The van der Waals surface area contributed by atoms with Crippen molar-refractivity contribution in [2.75, 3.05) is 52.8 Å². The lowest BCUT2D eigenvalue weighted by molar-refractivity contribution is 0.0665. The smallest absolute Gasteiger partial charge is 0.256 e. The summed E-state index contributed by atoms with van der Waals surface area (Å²) in [6, 6.07) is 12.0. The van der Waals surface area contributed by atoms with Gasteiger partial charge in [0.2, 0.25) is 0 Å². The lowest BCUT2D eigenvalue weighted by atomic mass is 10.1. The number of carbonyl (C=O) groups excluding carboxylic acids is 2. The van der Waals surface area contributed by atoms with Crippen LogP contribution in [0.5, 0.6) is 11.5 Å². The zero-order chi connectivity index (χ0) is 20.1. The fourth-order valence-corrected chi connectivity index (χ4v) is 3.09. The molecule has 7 nitrogen and oxygen atoms in total. The van der Waals surface area contributed by atoms with E-state index in [0.717, 1.165) is 13.1 Å². The van der Waals surface area contributed by atoms with Crippen LogP contribution in [0.2, 0.25) is 0 Å². The SMILES string of the molecule is COc1cc(OC)cc(C(=O)Nc2ccccc2C(=O)N2CCN(C)CC2)c1. The number of rotatable bonds is 5. The largest absolute Gasteiger partial charge is 0.497 e. The van der Waals surface area contributed by atoms with Crippen molar-refractivity contribution in [3.8, 4) is 11.5 Å². The van der Waals surface area contributed by atoms with Gasteiger partial charge < -0.3 is 24.6 Å². The summed E-state index contributed by atoms with van der Waals surface area (Å²) in [4.78, 5) is 29.8. The Morgan fingerprint density at radius 2 is 1.54 bits per heavy atom. The normalized spacial score (nSPS) is 14.5. The van der Waals surface area contributed by atoms with Gasteiger partial charge in [0.25, 0.3) is 11.8 Å². The first-order chi connectivity index (χ1) is 13.5. The van der Waals surface area contributed by atoms with Gasteiger partial charge in [-0.15, -0.1) is 0 Å². The van der Waals surface area contributed by atoms with Crippen molar-refractivity contribution in [3.05, 3.63) is 53.6 Å². The van der Waals surface area contributed by atoms with Crippen molar-refractivity contribution >= 4 is 17.5 Å². The van der Waals surface area contributed by atoms with Gasteiger partial charge in [0.1, 0.15) is 11.5 Å². The number of para-hydroxylation sites is 1. The van der Waals surface area contributed by atoms with E-state index in [2.05, 4.69) is 10.2 Å². The molecule has 0 spiro atoms. The van der Waals surface area contributed by atoms with Gasteiger partial charge in [0.15, 0.2) is 0 Å². The Hall–Kier alpha value is -3.06. The molecule has 1 N–H and O–H groups in total. The second-order valence-electron chi connectivity index (χ2n) is 6.70. The van der Waals surface area contributed by atoms with Crippen LogP contribution in [0.4, 0.5) is 5.69 Å². The number of anilines is 1. The van der Waals surface area contributed by atoms with Gasteiger partial charge in [-0.05, 0) is 31.3 Å². The summed E-state index contributed by atoms with van der Waals surface area (Å²) < 4.78 is 10.4. The molecule has 1 aliphatic rings. The van der Waals surface area contributed by atoms with Crippen LogP contribution in [0.1, 0.15) is 20.7 Å². The molecule has 2 aromatic carbocycles. The minimum atomic E-state index is -0.337. The van der Waals surface area contributed by atoms with Crippen molar-refractivity contribution in [1.29, 1.82) is 0 Å². The average Bonchev–Trinajstić information content (AvgIpc) is 2.73. The molecular weight excluding hydrogens is 358 g/mol. The maximum absolute atomic E-state index is 13.0. The first-order valence-corrected chi connectivity index (χ1v) is 9.13. The van der Waals surface area contributed by atoms with Gasteiger partial charge in [-0.1, -0.05) is 12.1 Å². The number of hydrogen-bond donors (Lipinski definition) is 1. The van der Waals surface area contributed by atoms with E-state index in [0.29, 0.717) is 41.4 Å². The summed E-state index contributed by atoms with van der Waals surface area (Å²) in [5.41, 5.74) is 1.35. The molecule has 2 aromatic rings. The molecule has 7 heteroatoms. The predicted octanol–water partition coefficient (Wildman–Crippen LogP) is 2.34. The van der Waals surface area contributed by atoms with E-state index < -0.39 is 0 Å². The Morgan fingerprint density at radius 3 is 2.14 bits per heavy atom. The summed E-state index contributed by atoms with van der Waals surface area (Å²) in [6.07, 6.45) is 0. The first kappa shape index (κ1) is 19.7. The highest BCUT2D eigenvalue weighted by Gasteiger charge is 2.23. The lowest BCUT2D eigenvalue weighted by Crippen LogP contribution is -2.47. The maximum Gasteiger partial charge on any atom is 0.256 e. The number of methoxy groups -OCH3 is 2. The molecule has 1 saturated heterocycles. The monoisotopic (exact) mass is 383 g/mol. The van der Waals surface area contributed by atoms with E-state index >= 15 is 0 Å². The van der Waals surface area contributed by atoms with Crippen LogP contribution in [-0.4, -0.2) is 69.1 Å². The van der Waals surface area contributed by atoms with Gasteiger partial charge >= 0.3 is 0 Å². The van der Waals surface area contributed by atoms with E-state index in [1.165, 1.54) is 14.2 Å². The van der Waals surface area contributed by atoms with E-state index in [1.807, 2.05) is 11.9 Å². The quantitative estimate of drug-likeness (QED) is 0.858. The van der Waals surface area contributed by atoms with Crippen LogP contribution in [0.25, 0.3) is 0 Å². The molecule has 0 radical (unpaired) electrons. The molecule has 28 heavy (non-hydrogen) atoms. The van der Waals surface area contributed by atoms with Gasteiger partial charge in [-0.25, -0.2) is 0 Å². The van der Waals surface area contributed by atoms with Crippen LogP contribution in [0.15, 0.2) is 42.5 Å². The highest BCUT2D eigenvalue weighted by atomic mass is 16.5. The number of amides is 2. The average molecular weight is 383 g/mol. The van der Waals surface area contributed by atoms with Crippen molar-refractivity contribution in [1.82, 2.24) is 9.80 Å². The molecule has 1 aliphatic heterocycles. The highest BCUT2D eigenvalue weighted by molar-refractivity contribution is 6.09. The minimum absolute atomic E-state index is 0.0766. The van der Waals surface area contributed by atoms with Crippen LogP contribution >= 0.6 is 0 Å². The summed E-state index contributed by atoms with van der Waals surface area (Å²) in [6.45, 7) is 3.02. The second kappa shape index (κ2) is 8.75. The summed E-state index contributed by atoms with van der Waals surface area (Å²) in [5.74, 6) is 0.626. The van der Waals surface area contributed by atoms with E-state index in [1.54, 1.807) is 42.5 Å². The number of likely N-dealkylation sites (N-methyl/N-ethyl adjacent to an activating group) is 1. The molecule has 1 heterocycles. The number of benzene rings is 2. The third kappa shape index (κ3) is 4.43. The molecule has 0 aliphatic carbocycles. The second-order valence-corrected chi connectivity index (χ2v) is 6.70. The zero-order valence-corrected chi connectivity index (χ0v) is 16.4. The van der Waals surface area contributed by atoms with Crippen molar-refractivity contribution in [2.45, 2.75) is 0 Å². The van der Waals surface area contributed by atoms with Crippen molar-refractivity contribution in [2.24, 2.45) is 0 Å². The topological polar surface area (TPSA) is 71.1 Å². The molecule has 0 aromatic heterocycles. The number of carbonyl (C=O) groups is 2. The fraction of sp³-hybridized carbons (Fsp3) is 0.333. The number of hydrogen-bond acceptors (Lipinski definition) is 5. The Kier molecular flexibility index (Phi) is 6.16. The number of piperazine rings is 1. The third-order valence-electron chi connectivity index (χ3n) is 4.81. The van der Waals surface area contributed by atoms with Gasteiger partial charge in [-0.3, -0.25) is 9.59 Å². The van der Waals surface area contributed by atoms with Gasteiger partial charge in [0.05, 0.1) is 25.5 Å². The van der Waals surface area contributed by atoms with Crippen LogP contribution in [0, 0.1) is 0 Å². The van der Waals surface area contributed by atoms with Crippen molar-refractivity contribution < 1.29 is 19.1 Å². The Balaban J connectivity index is 1.81. The Bertz CT molecular complexity index is 838. The molecule has 0 saturated carbocycles. The van der Waals surface area contributed by atoms with Crippen molar-refractivity contribution in [3.63, 3.8) is 0 Å². The Morgan fingerprint density at radius 1 is 0.929 bits per heavy atom. The van der Waals surface area contributed by atoms with Crippen LogP contribution in [0.3, 0.4) is 0 Å². The molecule has 3 rings (SSSR count). The lowest BCUT2D eigenvalue weighted by Gasteiger charge is -2.32. The predicted molar refractivity (Wildman–Crippen MR) is 107 cm³/mol. The van der Waals surface area contributed by atoms with E-state index in [4.69, 9.17) is 9.47 Å². The molecular formula is C21H25N3O4. The molecule has 0 bridgehead atoms. The standard InChI is InChI=1S/C21H25N3O4/c1-23-8-10-24(11-9-23)21(26)18-6-4-5-7-19(18)22-20(25)15-12-16(27-2)14-17(13-15)28-3/h4-7,12-14H,8-11H2,1-3H3,(H,22,25).